The van der Waals surface area contributed by atoms with Crippen molar-refractivity contribution in [2.45, 2.75) is 6.92 Å². The average molecular weight is 397 g/mol. The van der Waals surface area contributed by atoms with Gasteiger partial charge in [-0.25, -0.2) is 9.97 Å². The third-order valence-corrected chi connectivity index (χ3v) is 6.29. The number of thiazole rings is 1. The number of aromatic nitrogens is 2. The normalized spacial score (nSPS) is 14.2. The summed E-state index contributed by atoms with van der Waals surface area (Å²) in [7, 11) is 0. The Bertz CT molecular complexity index is 933. The number of anilines is 2. The predicted octanol–water partition coefficient (Wildman–Crippen LogP) is 4.32. The standard InChI is InChI=1S/C20H20N4OS2/c1-14-4-2-3-5-16(14)22-19(25)17-13-27-20(23-17)15-6-7-18(21-12-15)24-8-10-26-11-9-24/h2-7,12-13H,8-11H2,1H3,(H,22,25). The smallest absolute Gasteiger partial charge is 0.275 e. The third kappa shape index (κ3) is 4.14. The Balaban J connectivity index is 1.47. The number of aryl methyl sites for hydroxylation is 1. The summed E-state index contributed by atoms with van der Waals surface area (Å²) < 4.78 is 0. The number of nitrogens with zero attached hydrogens (tertiary/aromatic N) is 3. The number of carbonyl (C=O) groups excluding carboxylic acids is 1. The van der Waals surface area contributed by atoms with E-state index in [0.717, 1.165) is 52.2 Å². The van der Waals surface area contributed by atoms with Crippen LogP contribution in [0.4, 0.5) is 11.5 Å². The molecule has 5 nitrogen and oxygen atoms in total. The first kappa shape index (κ1) is 18.0. The predicted molar refractivity (Wildman–Crippen MR) is 114 cm³/mol. The van der Waals surface area contributed by atoms with Crippen molar-refractivity contribution < 1.29 is 4.79 Å². The van der Waals surface area contributed by atoms with Gasteiger partial charge in [-0.2, -0.15) is 11.8 Å². The van der Waals surface area contributed by atoms with Crippen molar-refractivity contribution in [1.82, 2.24) is 9.97 Å². The minimum Gasteiger partial charge on any atom is -0.355 e. The largest absolute Gasteiger partial charge is 0.355 e. The molecule has 7 heteroatoms. The molecule has 138 valence electrons. The fourth-order valence-corrected chi connectivity index (χ4v) is 4.60. The highest BCUT2D eigenvalue weighted by atomic mass is 32.2. The van der Waals surface area contributed by atoms with Gasteiger partial charge >= 0.3 is 0 Å². The summed E-state index contributed by atoms with van der Waals surface area (Å²) in [5.41, 5.74) is 3.19. The number of hydrogen-bond acceptors (Lipinski definition) is 6. The van der Waals surface area contributed by atoms with Crippen molar-refractivity contribution >= 4 is 40.5 Å². The molecule has 2 aromatic heterocycles. The topological polar surface area (TPSA) is 58.1 Å². The quantitative estimate of drug-likeness (QED) is 0.712. The molecule has 1 saturated heterocycles. The van der Waals surface area contributed by atoms with Gasteiger partial charge in [-0.1, -0.05) is 18.2 Å². The molecular weight excluding hydrogens is 376 g/mol. The fraction of sp³-hybridized carbons (Fsp3) is 0.250. The van der Waals surface area contributed by atoms with Crippen LogP contribution in [-0.4, -0.2) is 40.5 Å². The van der Waals surface area contributed by atoms with Gasteiger partial charge in [0.25, 0.3) is 5.91 Å². The van der Waals surface area contributed by atoms with Crippen LogP contribution in [0.1, 0.15) is 16.1 Å². The summed E-state index contributed by atoms with van der Waals surface area (Å²) >= 11 is 3.44. The Morgan fingerprint density at radius 3 is 2.70 bits per heavy atom. The lowest BCUT2D eigenvalue weighted by Crippen LogP contribution is -2.32. The lowest BCUT2D eigenvalue weighted by Gasteiger charge is -2.27. The molecular formula is C20H20N4OS2. The van der Waals surface area contributed by atoms with Gasteiger partial charge in [0.05, 0.1) is 0 Å². The van der Waals surface area contributed by atoms with E-state index in [1.54, 1.807) is 5.38 Å². The first-order chi connectivity index (χ1) is 13.2. The molecule has 0 saturated carbocycles. The highest BCUT2D eigenvalue weighted by Crippen LogP contribution is 2.26. The van der Waals surface area contributed by atoms with Gasteiger partial charge in [0, 0.05) is 47.4 Å². The molecule has 1 fully saturated rings. The number of hydrogen-bond donors (Lipinski definition) is 1. The number of carbonyl (C=O) groups is 1. The first-order valence-electron chi connectivity index (χ1n) is 8.82. The molecule has 0 spiro atoms. The molecule has 3 heterocycles. The van der Waals surface area contributed by atoms with E-state index < -0.39 is 0 Å². The maximum atomic E-state index is 12.5. The summed E-state index contributed by atoms with van der Waals surface area (Å²) in [6.07, 6.45) is 1.85. The average Bonchev–Trinajstić information content (AvgIpc) is 3.21. The second-order valence-corrected chi connectivity index (χ2v) is 8.39. The van der Waals surface area contributed by atoms with Crippen molar-refractivity contribution in [3.63, 3.8) is 0 Å². The van der Waals surface area contributed by atoms with Gasteiger partial charge in [0.2, 0.25) is 0 Å². The Kier molecular flexibility index (Phi) is 5.40. The molecule has 1 aliphatic rings. The van der Waals surface area contributed by atoms with Gasteiger partial charge in [0.1, 0.15) is 16.5 Å². The van der Waals surface area contributed by atoms with Crippen LogP contribution in [0.5, 0.6) is 0 Å². The molecule has 0 radical (unpaired) electrons. The molecule has 1 amide bonds. The van der Waals surface area contributed by atoms with Gasteiger partial charge in [0.15, 0.2) is 0 Å². The van der Waals surface area contributed by atoms with E-state index in [2.05, 4.69) is 20.2 Å². The maximum Gasteiger partial charge on any atom is 0.275 e. The molecule has 1 aliphatic heterocycles. The van der Waals surface area contributed by atoms with Crippen LogP contribution in [-0.2, 0) is 0 Å². The SMILES string of the molecule is Cc1ccccc1NC(=O)c1csc(-c2ccc(N3CCSCC3)nc2)n1. The monoisotopic (exact) mass is 396 g/mol. The zero-order valence-corrected chi connectivity index (χ0v) is 16.6. The summed E-state index contributed by atoms with van der Waals surface area (Å²) in [6.45, 7) is 4.05. The van der Waals surface area contributed by atoms with Crippen molar-refractivity contribution in [2.75, 3.05) is 34.8 Å². The van der Waals surface area contributed by atoms with E-state index >= 15 is 0 Å². The van der Waals surface area contributed by atoms with Crippen LogP contribution in [0, 0.1) is 6.92 Å². The van der Waals surface area contributed by atoms with Crippen LogP contribution in [0.25, 0.3) is 10.6 Å². The first-order valence-corrected chi connectivity index (χ1v) is 10.9. The highest BCUT2D eigenvalue weighted by molar-refractivity contribution is 7.99. The van der Waals surface area contributed by atoms with Crippen LogP contribution in [0.15, 0.2) is 48.0 Å². The highest BCUT2D eigenvalue weighted by Gasteiger charge is 2.15. The number of amides is 1. The van der Waals surface area contributed by atoms with E-state index in [-0.39, 0.29) is 5.91 Å². The second-order valence-electron chi connectivity index (χ2n) is 6.31. The molecule has 0 bridgehead atoms. The van der Waals surface area contributed by atoms with Gasteiger partial charge in [-0.05, 0) is 30.7 Å². The summed E-state index contributed by atoms with van der Waals surface area (Å²) in [5.74, 6) is 3.11. The Morgan fingerprint density at radius 2 is 1.96 bits per heavy atom. The van der Waals surface area contributed by atoms with Gasteiger partial charge in [-0.15, -0.1) is 11.3 Å². The van der Waals surface area contributed by atoms with E-state index in [1.165, 1.54) is 11.3 Å². The lowest BCUT2D eigenvalue weighted by molar-refractivity contribution is 0.102. The summed E-state index contributed by atoms with van der Waals surface area (Å²) in [5, 5.41) is 5.52. The molecule has 0 atom stereocenters. The van der Waals surface area contributed by atoms with Crippen LogP contribution in [0.3, 0.4) is 0 Å². The van der Waals surface area contributed by atoms with Crippen LogP contribution < -0.4 is 10.2 Å². The molecule has 1 N–H and O–H groups in total. The fourth-order valence-electron chi connectivity index (χ4n) is 2.90. The Labute approximate surface area is 166 Å². The van der Waals surface area contributed by atoms with Crippen molar-refractivity contribution in [2.24, 2.45) is 0 Å². The van der Waals surface area contributed by atoms with Crippen LogP contribution >= 0.6 is 23.1 Å². The lowest BCUT2D eigenvalue weighted by atomic mass is 10.2. The zero-order chi connectivity index (χ0) is 18.6. The molecule has 3 aromatic rings. The summed E-state index contributed by atoms with van der Waals surface area (Å²) in [6, 6.07) is 11.8. The molecule has 27 heavy (non-hydrogen) atoms. The Morgan fingerprint density at radius 1 is 1.15 bits per heavy atom. The second kappa shape index (κ2) is 8.10. The van der Waals surface area contributed by atoms with Crippen molar-refractivity contribution in [1.29, 1.82) is 0 Å². The number of pyridine rings is 1. The third-order valence-electron chi connectivity index (χ3n) is 4.46. The van der Waals surface area contributed by atoms with Crippen molar-refractivity contribution in [3.05, 3.63) is 59.2 Å². The number of thioether (sulfide) groups is 1. The zero-order valence-electron chi connectivity index (χ0n) is 15.0. The number of rotatable bonds is 4. The van der Waals surface area contributed by atoms with E-state index in [0.29, 0.717) is 5.69 Å². The van der Waals surface area contributed by atoms with Crippen molar-refractivity contribution in [3.8, 4) is 10.6 Å². The molecule has 4 rings (SSSR count). The van der Waals surface area contributed by atoms with Crippen LogP contribution in [0.2, 0.25) is 0 Å². The molecule has 1 aromatic carbocycles. The number of para-hydroxylation sites is 1. The van der Waals surface area contributed by atoms with Gasteiger partial charge < -0.3 is 10.2 Å². The minimum atomic E-state index is -0.192. The van der Waals surface area contributed by atoms with Gasteiger partial charge in [-0.3, -0.25) is 4.79 Å². The molecule has 0 unspecified atom stereocenters. The van der Waals surface area contributed by atoms with E-state index in [4.69, 9.17) is 0 Å². The minimum absolute atomic E-state index is 0.192. The van der Waals surface area contributed by atoms with E-state index in [9.17, 15) is 4.79 Å². The van der Waals surface area contributed by atoms with E-state index in [1.807, 2.05) is 61.3 Å². The molecule has 0 aliphatic carbocycles. The number of benzene rings is 1. The number of nitrogens with one attached hydrogen (secondary N) is 1. The Hall–Kier alpha value is -2.38. The summed E-state index contributed by atoms with van der Waals surface area (Å²) in [4.78, 5) is 23.9. The maximum absolute atomic E-state index is 12.5.